The van der Waals surface area contributed by atoms with E-state index in [4.69, 9.17) is 10.5 Å². The maximum absolute atomic E-state index is 11.1. The summed E-state index contributed by atoms with van der Waals surface area (Å²) in [6.07, 6.45) is 0.693. The number of rotatable bonds is 0. The second-order valence-electron chi connectivity index (χ2n) is 4.29. The highest BCUT2D eigenvalue weighted by molar-refractivity contribution is 5.77. The molecule has 0 saturated carbocycles. The number of carbonyl (C=O) groups is 1. The van der Waals surface area contributed by atoms with Gasteiger partial charge in [0.1, 0.15) is 6.61 Å². The lowest BCUT2D eigenvalue weighted by Gasteiger charge is -2.38. The van der Waals surface area contributed by atoms with Crippen molar-refractivity contribution in [1.29, 1.82) is 0 Å². The zero-order valence-electron chi connectivity index (χ0n) is 7.31. The van der Waals surface area contributed by atoms with Crippen LogP contribution < -0.4 is 5.73 Å². The summed E-state index contributed by atoms with van der Waals surface area (Å²) in [5, 5.41) is 0. The Morgan fingerprint density at radius 1 is 1.45 bits per heavy atom. The minimum absolute atomic E-state index is 0.138. The lowest BCUT2D eigenvalue weighted by molar-refractivity contribution is -0.164. The van der Waals surface area contributed by atoms with Crippen LogP contribution in [0.4, 0.5) is 0 Å². The third-order valence-electron chi connectivity index (χ3n) is 1.93. The van der Waals surface area contributed by atoms with E-state index in [2.05, 4.69) is 0 Å². The molecule has 0 aromatic carbocycles. The van der Waals surface area contributed by atoms with E-state index in [1.165, 1.54) is 0 Å². The van der Waals surface area contributed by atoms with E-state index in [-0.39, 0.29) is 11.5 Å². The van der Waals surface area contributed by atoms with Gasteiger partial charge in [0.2, 0.25) is 0 Å². The van der Waals surface area contributed by atoms with Gasteiger partial charge in [-0.2, -0.15) is 0 Å². The molecule has 3 nitrogen and oxygen atoms in total. The van der Waals surface area contributed by atoms with Crippen LogP contribution >= 0.6 is 0 Å². The van der Waals surface area contributed by atoms with Crippen LogP contribution in [-0.2, 0) is 9.53 Å². The molecule has 1 aliphatic heterocycles. The number of cyclic esters (lactones) is 1. The van der Waals surface area contributed by atoms with Crippen molar-refractivity contribution in [2.45, 2.75) is 32.7 Å². The maximum atomic E-state index is 11.1. The molecule has 0 aliphatic carbocycles. The lowest BCUT2D eigenvalue weighted by atomic mass is 9.78. The van der Waals surface area contributed by atoms with Crippen LogP contribution in [0.25, 0.3) is 0 Å². The van der Waals surface area contributed by atoms with Crippen LogP contribution in [0.5, 0.6) is 0 Å². The van der Waals surface area contributed by atoms with Crippen LogP contribution in [0.2, 0.25) is 0 Å². The number of esters is 1. The number of nitrogens with two attached hydrogens (primary N) is 1. The summed E-state index contributed by atoms with van der Waals surface area (Å²) in [7, 11) is 0. The van der Waals surface area contributed by atoms with E-state index in [0.29, 0.717) is 13.0 Å². The third-order valence-corrected chi connectivity index (χ3v) is 1.93. The van der Waals surface area contributed by atoms with Crippen molar-refractivity contribution in [2.75, 3.05) is 6.61 Å². The van der Waals surface area contributed by atoms with Gasteiger partial charge in [0.25, 0.3) is 0 Å². The zero-order valence-corrected chi connectivity index (χ0v) is 7.31. The summed E-state index contributed by atoms with van der Waals surface area (Å²) in [5.41, 5.74) is 5.07. The molecule has 0 radical (unpaired) electrons. The topological polar surface area (TPSA) is 52.3 Å². The molecule has 0 spiro atoms. The van der Waals surface area contributed by atoms with Gasteiger partial charge in [-0.3, -0.25) is 4.79 Å². The fourth-order valence-electron chi connectivity index (χ4n) is 1.56. The Morgan fingerprint density at radius 3 is 2.36 bits per heavy atom. The predicted octanol–water partition coefficient (Wildman–Crippen LogP) is 0.677. The first-order valence-corrected chi connectivity index (χ1v) is 3.80. The van der Waals surface area contributed by atoms with Gasteiger partial charge in [-0.15, -0.1) is 0 Å². The SMILES string of the molecule is CC1(N)COC(=O)C(C)(C)C1. The Kier molecular flexibility index (Phi) is 1.71. The highest BCUT2D eigenvalue weighted by Crippen LogP contribution is 2.32. The van der Waals surface area contributed by atoms with Crippen molar-refractivity contribution >= 4 is 5.97 Å². The molecule has 1 fully saturated rings. The lowest BCUT2D eigenvalue weighted by Crippen LogP contribution is -2.52. The second-order valence-corrected chi connectivity index (χ2v) is 4.29. The van der Waals surface area contributed by atoms with Gasteiger partial charge in [-0.1, -0.05) is 0 Å². The van der Waals surface area contributed by atoms with Crippen molar-refractivity contribution < 1.29 is 9.53 Å². The number of hydrogen-bond donors (Lipinski definition) is 1. The van der Waals surface area contributed by atoms with E-state index >= 15 is 0 Å². The Morgan fingerprint density at radius 2 is 2.00 bits per heavy atom. The van der Waals surface area contributed by atoms with Crippen LogP contribution in [0.3, 0.4) is 0 Å². The molecule has 3 heteroatoms. The van der Waals surface area contributed by atoms with Crippen molar-refractivity contribution in [1.82, 2.24) is 0 Å². The monoisotopic (exact) mass is 157 g/mol. The molecule has 64 valence electrons. The molecule has 11 heavy (non-hydrogen) atoms. The number of hydrogen-bond acceptors (Lipinski definition) is 3. The molecule has 0 aromatic heterocycles. The Hall–Kier alpha value is -0.570. The molecule has 1 heterocycles. The van der Waals surface area contributed by atoms with Crippen LogP contribution in [0.1, 0.15) is 27.2 Å². The molecule has 2 N–H and O–H groups in total. The standard InChI is InChI=1S/C8H15NO2/c1-7(2)4-8(3,9)5-11-6(7)10/h4-5,9H2,1-3H3. The fourth-order valence-corrected chi connectivity index (χ4v) is 1.56. The van der Waals surface area contributed by atoms with Gasteiger partial charge in [0.15, 0.2) is 0 Å². The molecule has 0 aromatic rings. The van der Waals surface area contributed by atoms with Gasteiger partial charge in [0.05, 0.1) is 5.41 Å². The largest absolute Gasteiger partial charge is 0.463 e. The van der Waals surface area contributed by atoms with Gasteiger partial charge < -0.3 is 10.5 Å². The van der Waals surface area contributed by atoms with E-state index in [1.54, 1.807) is 0 Å². The first-order chi connectivity index (χ1) is 4.83. The van der Waals surface area contributed by atoms with Crippen molar-refractivity contribution in [2.24, 2.45) is 11.1 Å². The van der Waals surface area contributed by atoms with Gasteiger partial charge in [-0.05, 0) is 27.2 Å². The quantitative estimate of drug-likeness (QED) is 0.526. The normalized spacial score (nSPS) is 36.5. The molecule has 0 amide bonds. The fraction of sp³-hybridized carbons (Fsp3) is 0.875. The average molecular weight is 157 g/mol. The van der Waals surface area contributed by atoms with Crippen molar-refractivity contribution in [3.63, 3.8) is 0 Å². The van der Waals surface area contributed by atoms with Crippen LogP contribution in [0.15, 0.2) is 0 Å². The number of carbonyl (C=O) groups excluding carboxylic acids is 1. The van der Waals surface area contributed by atoms with Crippen LogP contribution in [-0.4, -0.2) is 18.1 Å². The van der Waals surface area contributed by atoms with Gasteiger partial charge in [0, 0.05) is 5.54 Å². The first-order valence-electron chi connectivity index (χ1n) is 3.80. The molecule has 1 rings (SSSR count). The summed E-state index contributed by atoms with van der Waals surface area (Å²) < 4.78 is 4.94. The molecule has 1 atom stereocenters. The molecule has 1 aliphatic rings. The van der Waals surface area contributed by atoms with Crippen molar-refractivity contribution in [3.05, 3.63) is 0 Å². The smallest absolute Gasteiger partial charge is 0.311 e. The predicted molar refractivity (Wildman–Crippen MR) is 41.9 cm³/mol. The molecule has 1 unspecified atom stereocenters. The zero-order chi connectivity index (χ0) is 8.70. The summed E-state index contributed by atoms with van der Waals surface area (Å²) in [6.45, 7) is 5.97. The van der Waals surface area contributed by atoms with Crippen molar-refractivity contribution in [3.8, 4) is 0 Å². The van der Waals surface area contributed by atoms with E-state index in [9.17, 15) is 4.79 Å². The molecule has 1 saturated heterocycles. The Labute approximate surface area is 66.9 Å². The number of ether oxygens (including phenoxy) is 1. The summed E-state index contributed by atoms with van der Waals surface area (Å²) >= 11 is 0. The summed E-state index contributed by atoms with van der Waals surface area (Å²) in [5.74, 6) is -0.138. The maximum Gasteiger partial charge on any atom is 0.311 e. The Bertz CT molecular complexity index is 185. The average Bonchev–Trinajstić information content (AvgIpc) is 1.77. The highest BCUT2D eigenvalue weighted by atomic mass is 16.5. The van der Waals surface area contributed by atoms with Gasteiger partial charge in [-0.25, -0.2) is 0 Å². The second kappa shape index (κ2) is 2.21. The molecular weight excluding hydrogens is 142 g/mol. The summed E-state index contributed by atoms with van der Waals surface area (Å²) in [6, 6.07) is 0. The molecule has 0 bridgehead atoms. The Balaban J connectivity index is 2.75. The summed E-state index contributed by atoms with van der Waals surface area (Å²) in [4.78, 5) is 11.1. The van der Waals surface area contributed by atoms with E-state index in [1.807, 2.05) is 20.8 Å². The van der Waals surface area contributed by atoms with E-state index < -0.39 is 5.41 Å². The third kappa shape index (κ3) is 1.71. The van der Waals surface area contributed by atoms with E-state index in [0.717, 1.165) is 0 Å². The highest BCUT2D eigenvalue weighted by Gasteiger charge is 2.41. The minimum atomic E-state index is -0.415. The molecular formula is C8H15NO2. The van der Waals surface area contributed by atoms with Gasteiger partial charge >= 0.3 is 5.97 Å². The minimum Gasteiger partial charge on any atom is -0.463 e. The van der Waals surface area contributed by atoms with Crippen LogP contribution in [0, 0.1) is 5.41 Å². The first kappa shape index (κ1) is 8.53.